The van der Waals surface area contributed by atoms with E-state index < -0.39 is 23.8 Å². The Morgan fingerprint density at radius 3 is 2.64 bits per heavy atom. The van der Waals surface area contributed by atoms with E-state index in [9.17, 15) is 14.4 Å². The maximum atomic E-state index is 12.2. The van der Waals surface area contributed by atoms with Crippen LogP contribution in [0.5, 0.6) is 5.75 Å². The molecule has 0 saturated carbocycles. The van der Waals surface area contributed by atoms with Gasteiger partial charge in [-0.3, -0.25) is 9.59 Å². The van der Waals surface area contributed by atoms with Gasteiger partial charge in [-0.25, -0.2) is 4.79 Å². The van der Waals surface area contributed by atoms with Gasteiger partial charge in [-0.2, -0.15) is 0 Å². The SMILES string of the molecule is C/C=C/CC(NC(=O)c1ccccc1OCC(N)=O)C(=O)O. The number of carboxylic acid groups (broad SMARTS) is 1. The van der Waals surface area contributed by atoms with Crippen molar-refractivity contribution < 1.29 is 24.2 Å². The third-order valence-electron chi connectivity index (χ3n) is 2.71. The molecule has 1 rings (SSSR count). The van der Waals surface area contributed by atoms with Gasteiger partial charge >= 0.3 is 5.97 Å². The number of amides is 2. The highest BCUT2D eigenvalue weighted by Crippen LogP contribution is 2.18. The monoisotopic (exact) mass is 306 g/mol. The third kappa shape index (κ3) is 5.28. The zero-order chi connectivity index (χ0) is 16.5. The number of rotatable bonds is 8. The Labute approximate surface area is 127 Å². The van der Waals surface area contributed by atoms with Crippen LogP contribution in [0.25, 0.3) is 0 Å². The quantitative estimate of drug-likeness (QED) is 0.611. The van der Waals surface area contributed by atoms with Crippen molar-refractivity contribution in [2.45, 2.75) is 19.4 Å². The summed E-state index contributed by atoms with van der Waals surface area (Å²) in [4.78, 5) is 34.1. The van der Waals surface area contributed by atoms with E-state index >= 15 is 0 Å². The van der Waals surface area contributed by atoms with E-state index in [4.69, 9.17) is 15.6 Å². The van der Waals surface area contributed by atoms with Crippen molar-refractivity contribution in [3.05, 3.63) is 42.0 Å². The zero-order valence-corrected chi connectivity index (χ0v) is 12.1. The summed E-state index contributed by atoms with van der Waals surface area (Å²) in [7, 11) is 0. The zero-order valence-electron chi connectivity index (χ0n) is 12.1. The van der Waals surface area contributed by atoms with Crippen molar-refractivity contribution in [3.8, 4) is 5.75 Å². The molecule has 0 fully saturated rings. The lowest BCUT2D eigenvalue weighted by Gasteiger charge is -2.14. The molecular formula is C15H18N2O5. The Bertz CT molecular complexity index is 583. The van der Waals surface area contributed by atoms with Gasteiger partial charge in [0.05, 0.1) is 5.56 Å². The molecule has 118 valence electrons. The van der Waals surface area contributed by atoms with Crippen molar-refractivity contribution >= 4 is 17.8 Å². The van der Waals surface area contributed by atoms with E-state index in [2.05, 4.69) is 5.32 Å². The van der Waals surface area contributed by atoms with E-state index in [1.54, 1.807) is 31.2 Å². The summed E-state index contributed by atoms with van der Waals surface area (Å²) in [5.41, 5.74) is 5.13. The fourth-order valence-electron chi connectivity index (χ4n) is 1.66. The minimum atomic E-state index is -1.14. The molecule has 1 aromatic rings. The highest BCUT2D eigenvalue weighted by atomic mass is 16.5. The number of para-hydroxylation sites is 1. The summed E-state index contributed by atoms with van der Waals surface area (Å²) in [6, 6.07) is 5.16. The van der Waals surface area contributed by atoms with E-state index in [-0.39, 0.29) is 24.3 Å². The predicted octanol–water partition coefficient (Wildman–Crippen LogP) is 0.700. The second kappa shape index (κ2) is 8.46. The minimum Gasteiger partial charge on any atom is -0.483 e. The van der Waals surface area contributed by atoms with Gasteiger partial charge in [0.15, 0.2) is 6.61 Å². The van der Waals surface area contributed by atoms with Gasteiger partial charge in [0.2, 0.25) is 0 Å². The molecule has 1 aromatic carbocycles. The highest BCUT2D eigenvalue weighted by molar-refractivity contribution is 5.99. The van der Waals surface area contributed by atoms with Crippen LogP contribution in [0.2, 0.25) is 0 Å². The summed E-state index contributed by atoms with van der Waals surface area (Å²) >= 11 is 0. The molecule has 2 amide bonds. The summed E-state index contributed by atoms with van der Waals surface area (Å²) in [5, 5.41) is 11.5. The Kier molecular flexibility index (Phi) is 6.62. The molecule has 22 heavy (non-hydrogen) atoms. The van der Waals surface area contributed by atoms with Crippen molar-refractivity contribution in [2.24, 2.45) is 5.73 Å². The lowest BCUT2D eigenvalue weighted by molar-refractivity contribution is -0.139. The van der Waals surface area contributed by atoms with Crippen molar-refractivity contribution in [1.82, 2.24) is 5.32 Å². The molecule has 7 heteroatoms. The first kappa shape index (κ1) is 17.2. The Morgan fingerprint density at radius 2 is 2.05 bits per heavy atom. The number of nitrogens with two attached hydrogens (primary N) is 1. The Hall–Kier alpha value is -2.83. The van der Waals surface area contributed by atoms with E-state index in [0.717, 1.165) is 0 Å². The van der Waals surface area contributed by atoms with Crippen LogP contribution in [0.3, 0.4) is 0 Å². The van der Waals surface area contributed by atoms with Crippen molar-refractivity contribution in [2.75, 3.05) is 6.61 Å². The van der Waals surface area contributed by atoms with Crippen LogP contribution in [0.1, 0.15) is 23.7 Å². The number of allylic oxidation sites excluding steroid dienone is 1. The van der Waals surface area contributed by atoms with Gasteiger partial charge in [0, 0.05) is 0 Å². The van der Waals surface area contributed by atoms with E-state index in [1.165, 1.54) is 12.1 Å². The number of hydrogen-bond acceptors (Lipinski definition) is 4. The lowest BCUT2D eigenvalue weighted by Crippen LogP contribution is -2.40. The largest absolute Gasteiger partial charge is 0.483 e. The number of primary amides is 1. The van der Waals surface area contributed by atoms with Gasteiger partial charge in [0.1, 0.15) is 11.8 Å². The van der Waals surface area contributed by atoms with Gasteiger partial charge < -0.3 is 20.9 Å². The molecule has 7 nitrogen and oxygen atoms in total. The van der Waals surface area contributed by atoms with Crippen molar-refractivity contribution in [3.63, 3.8) is 0 Å². The molecule has 0 heterocycles. The molecule has 0 bridgehead atoms. The predicted molar refractivity (Wildman–Crippen MR) is 79.5 cm³/mol. The second-order valence-electron chi connectivity index (χ2n) is 4.42. The van der Waals surface area contributed by atoms with Crippen LogP contribution in [0.4, 0.5) is 0 Å². The third-order valence-corrected chi connectivity index (χ3v) is 2.71. The molecule has 1 unspecified atom stereocenters. The highest BCUT2D eigenvalue weighted by Gasteiger charge is 2.21. The maximum absolute atomic E-state index is 12.2. The van der Waals surface area contributed by atoms with E-state index in [0.29, 0.717) is 0 Å². The van der Waals surface area contributed by atoms with Gasteiger partial charge in [-0.05, 0) is 25.5 Å². The fraction of sp³-hybridized carbons (Fsp3) is 0.267. The molecule has 0 spiro atoms. The van der Waals surface area contributed by atoms with Crippen LogP contribution in [-0.2, 0) is 9.59 Å². The van der Waals surface area contributed by atoms with Crippen LogP contribution >= 0.6 is 0 Å². The van der Waals surface area contributed by atoms with Gasteiger partial charge in [0.25, 0.3) is 11.8 Å². The first-order valence-corrected chi connectivity index (χ1v) is 6.60. The molecular weight excluding hydrogens is 288 g/mol. The minimum absolute atomic E-state index is 0.135. The molecule has 0 radical (unpaired) electrons. The first-order valence-electron chi connectivity index (χ1n) is 6.60. The standard InChI is InChI=1S/C15H18N2O5/c1-2-3-7-11(15(20)21)17-14(19)10-6-4-5-8-12(10)22-9-13(16)18/h2-6,8,11H,7,9H2,1H3,(H2,16,18)(H,17,19)(H,20,21)/b3-2+. The number of hydrogen-bond donors (Lipinski definition) is 3. The molecule has 0 aliphatic heterocycles. The van der Waals surface area contributed by atoms with Crippen LogP contribution in [-0.4, -0.2) is 35.5 Å². The average Bonchev–Trinajstić information content (AvgIpc) is 2.49. The lowest BCUT2D eigenvalue weighted by atomic mass is 10.1. The topological polar surface area (TPSA) is 119 Å². The number of ether oxygens (including phenoxy) is 1. The van der Waals surface area contributed by atoms with Crippen molar-refractivity contribution in [1.29, 1.82) is 0 Å². The maximum Gasteiger partial charge on any atom is 0.326 e. The smallest absolute Gasteiger partial charge is 0.326 e. The normalized spacial score (nSPS) is 11.9. The number of nitrogens with one attached hydrogen (secondary N) is 1. The summed E-state index contributed by atoms with van der Waals surface area (Å²) < 4.78 is 5.15. The first-order chi connectivity index (χ1) is 10.5. The number of aliphatic carboxylic acids is 1. The molecule has 1 atom stereocenters. The number of benzene rings is 1. The fourth-order valence-corrected chi connectivity index (χ4v) is 1.66. The van der Waals surface area contributed by atoms with Crippen LogP contribution in [0, 0.1) is 0 Å². The summed E-state index contributed by atoms with van der Waals surface area (Å²) in [6.07, 6.45) is 3.52. The summed E-state index contributed by atoms with van der Waals surface area (Å²) in [6.45, 7) is 1.39. The van der Waals surface area contributed by atoms with Crippen LogP contribution < -0.4 is 15.8 Å². The summed E-state index contributed by atoms with van der Waals surface area (Å²) in [5.74, 6) is -2.25. The molecule has 4 N–H and O–H groups in total. The number of carbonyl (C=O) groups is 3. The van der Waals surface area contributed by atoms with Gasteiger partial charge in [-0.1, -0.05) is 24.3 Å². The average molecular weight is 306 g/mol. The molecule has 0 aliphatic rings. The van der Waals surface area contributed by atoms with Crippen LogP contribution in [0.15, 0.2) is 36.4 Å². The second-order valence-corrected chi connectivity index (χ2v) is 4.42. The molecule has 0 aromatic heterocycles. The van der Waals surface area contributed by atoms with E-state index in [1.807, 2.05) is 0 Å². The Balaban J connectivity index is 2.87. The molecule has 0 aliphatic carbocycles. The number of carbonyl (C=O) groups excluding carboxylic acids is 2. The molecule has 0 saturated heterocycles. The number of carboxylic acids is 1. The Morgan fingerprint density at radius 1 is 1.36 bits per heavy atom. The van der Waals surface area contributed by atoms with Gasteiger partial charge in [-0.15, -0.1) is 0 Å².